The van der Waals surface area contributed by atoms with Gasteiger partial charge < -0.3 is 9.84 Å². The Hall–Kier alpha value is -1.20. The smallest absolute Gasteiger partial charge is 0.167 e. The predicted molar refractivity (Wildman–Crippen MR) is 77.2 cm³/mol. The Labute approximate surface area is 124 Å². The van der Waals surface area contributed by atoms with E-state index in [1.165, 1.54) is 13.2 Å². The number of piperidine rings is 1. The lowest BCUT2D eigenvalue weighted by Crippen LogP contribution is -2.55. The molecule has 1 unspecified atom stereocenters. The average molecular weight is 299 g/mol. The van der Waals surface area contributed by atoms with E-state index in [1.807, 2.05) is 25.7 Å². The molecule has 1 aromatic rings. The van der Waals surface area contributed by atoms with E-state index in [9.17, 15) is 13.9 Å². The van der Waals surface area contributed by atoms with Crippen LogP contribution in [0.1, 0.15) is 32.8 Å². The largest absolute Gasteiger partial charge is 0.496 e. The molecule has 1 atom stereocenters. The van der Waals surface area contributed by atoms with Crippen LogP contribution in [0, 0.1) is 17.0 Å². The molecular weight excluding hydrogens is 276 g/mol. The van der Waals surface area contributed by atoms with Gasteiger partial charge in [0.15, 0.2) is 11.6 Å². The Morgan fingerprint density at radius 1 is 1.29 bits per heavy atom. The maximum Gasteiger partial charge on any atom is 0.167 e. The summed E-state index contributed by atoms with van der Waals surface area (Å²) in [6.45, 7) is 7.31. The van der Waals surface area contributed by atoms with Gasteiger partial charge in [0.2, 0.25) is 0 Å². The maximum atomic E-state index is 14.0. The zero-order chi connectivity index (χ0) is 15.8. The number of ether oxygens (including phenoxy) is 1. The summed E-state index contributed by atoms with van der Waals surface area (Å²) >= 11 is 0. The van der Waals surface area contributed by atoms with Gasteiger partial charge in [0.1, 0.15) is 5.75 Å². The molecule has 5 heteroatoms. The molecule has 1 saturated heterocycles. The summed E-state index contributed by atoms with van der Waals surface area (Å²) in [5, 5.41) is 10.4. The van der Waals surface area contributed by atoms with Crippen molar-refractivity contribution in [2.45, 2.75) is 39.3 Å². The number of hydrogen-bond donors (Lipinski definition) is 1. The molecule has 0 saturated carbocycles. The molecule has 2 rings (SSSR count). The van der Waals surface area contributed by atoms with Gasteiger partial charge >= 0.3 is 0 Å². The molecule has 0 amide bonds. The number of likely N-dealkylation sites (tertiary alicyclic amines) is 1. The summed E-state index contributed by atoms with van der Waals surface area (Å²) in [7, 11) is 1.45. The number of rotatable bonds is 3. The molecule has 1 aliphatic heterocycles. The van der Waals surface area contributed by atoms with Crippen LogP contribution < -0.4 is 4.74 Å². The van der Waals surface area contributed by atoms with E-state index in [4.69, 9.17) is 4.74 Å². The van der Waals surface area contributed by atoms with E-state index in [2.05, 4.69) is 0 Å². The summed E-state index contributed by atoms with van der Waals surface area (Å²) in [6.07, 6.45) is 0.596. The highest BCUT2D eigenvalue weighted by Gasteiger charge is 2.44. The lowest BCUT2D eigenvalue weighted by Gasteiger charge is -2.48. The van der Waals surface area contributed by atoms with Crippen LogP contribution in [-0.4, -0.2) is 35.8 Å². The van der Waals surface area contributed by atoms with Crippen LogP contribution in [0.2, 0.25) is 0 Å². The Kier molecular flexibility index (Phi) is 4.26. The number of methoxy groups -OCH3 is 1. The summed E-state index contributed by atoms with van der Waals surface area (Å²) < 4.78 is 32.6. The lowest BCUT2D eigenvalue weighted by molar-refractivity contribution is -0.107. The van der Waals surface area contributed by atoms with E-state index in [-0.39, 0.29) is 17.5 Å². The summed E-state index contributed by atoms with van der Waals surface area (Å²) in [4.78, 5) is 2.03. The minimum absolute atomic E-state index is 0.231. The third-order valence-electron chi connectivity index (χ3n) is 4.75. The van der Waals surface area contributed by atoms with Crippen molar-refractivity contribution in [3.8, 4) is 5.75 Å². The van der Waals surface area contributed by atoms with Crippen molar-refractivity contribution in [3.05, 3.63) is 29.3 Å². The zero-order valence-corrected chi connectivity index (χ0v) is 13.0. The minimum Gasteiger partial charge on any atom is -0.496 e. The van der Waals surface area contributed by atoms with Crippen LogP contribution >= 0.6 is 0 Å². The molecule has 0 spiro atoms. The van der Waals surface area contributed by atoms with Crippen LogP contribution in [-0.2, 0) is 6.54 Å². The van der Waals surface area contributed by atoms with Crippen molar-refractivity contribution in [1.82, 2.24) is 4.90 Å². The molecule has 21 heavy (non-hydrogen) atoms. The molecule has 1 aliphatic rings. The van der Waals surface area contributed by atoms with Gasteiger partial charge in [-0.15, -0.1) is 0 Å². The first-order valence-electron chi connectivity index (χ1n) is 7.13. The molecular formula is C16H23F2NO2. The fraction of sp³-hybridized carbons (Fsp3) is 0.625. The van der Waals surface area contributed by atoms with Crippen LogP contribution in [0.25, 0.3) is 0 Å². The average Bonchev–Trinajstić information content (AvgIpc) is 2.40. The van der Waals surface area contributed by atoms with E-state index < -0.39 is 17.2 Å². The third-order valence-corrected chi connectivity index (χ3v) is 4.75. The summed E-state index contributed by atoms with van der Waals surface area (Å²) in [5.41, 5.74) is -0.842. The molecule has 1 N–H and O–H groups in total. The number of hydrogen-bond acceptors (Lipinski definition) is 3. The van der Waals surface area contributed by atoms with Crippen LogP contribution in [0.15, 0.2) is 12.1 Å². The van der Waals surface area contributed by atoms with Gasteiger partial charge in [0, 0.05) is 30.6 Å². The van der Waals surface area contributed by atoms with Crippen molar-refractivity contribution in [2.24, 2.45) is 5.41 Å². The standard InChI is InChI=1S/C16H23F2NO2/c1-15(2)10-19(8-7-16(15,3)20)9-11-13(21-4)6-5-12(17)14(11)18/h5-6,20H,7-10H2,1-4H3. The number of benzene rings is 1. The second-order valence-electron chi connectivity index (χ2n) is 6.66. The molecule has 0 aromatic heterocycles. The normalized spacial score (nSPS) is 25.9. The first-order valence-corrected chi connectivity index (χ1v) is 7.13. The van der Waals surface area contributed by atoms with Gasteiger partial charge in [-0.05, 0) is 25.5 Å². The Morgan fingerprint density at radius 3 is 2.52 bits per heavy atom. The lowest BCUT2D eigenvalue weighted by atomic mass is 9.71. The first kappa shape index (κ1) is 16.2. The Balaban J connectivity index is 2.22. The van der Waals surface area contributed by atoms with Crippen LogP contribution in [0.4, 0.5) is 8.78 Å². The molecule has 3 nitrogen and oxygen atoms in total. The van der Waals surface area contributed by atoms with Gasteiger partial charge in [-0.25, -0.2) is 8.78 Å². The first-order chi connectivity index (χ1) is 9.68. The number of aliphatic hydroxyl groups is 1. The van der Waals surface area contributed by atoms with E-state index in [1.54, 1.807) is 0 Å². The number of nitrogens with zero attached hydrogens (tertiary/aromatic N) is 1. The molecule has 0 aliphatic carbocycles. The highest BCUT2D eigenvalue weighted by Crippen LogP contribution is 2.39. The van der Waals surface area contributed by atoms with Gasteiger partial charge in [0.05, 0.1) is 12.7 Å². The summed E-state index contributed by atoms with van der Waals surface area (Å²) in [6, 6.07) is 2.52. The van der Waals surface area contributed by atoms with Crippen molar-refractivity contribution in [1.29, 1.82) is 0 Å². The van der Waals surface area contributed by atoms with Crippen molar-refractivity contribution >= 4 is 0 Å². The fourth-order valence-corrected chi connectivity index (χ4v) is 2.79. The van der Waals surface area contributed by atoms with Gasteiger partial charge in [-0.3, -0.25) is 4.90 Å². The maximum absolute atomic E-state index is 14.0. The van der Waals surface area contributed by atoms with Crippen LogP contribution in [0.3, 0.4) is 0 Å². The molecule has 1 aromatic carbocycles. The van der Waals surface area contributed by atoms with Gasteiger partial charge in [-0.2, -0.15) is 0 Å². The highest BCUT2D eigenvalue weighted by atomic mass is 19.2. The van der Waals surface area contributed by atoms with Crippen molar-refractivity contribution in [3.63, 3.8) is 0 Å². The fourth-order valence-electron chi connectivity index (χ4n) is 2.79. The van der Waals surface area contributed by atoms with Crippen LogP contribution in [0.5, 0.6) is 5.75 Å². The quantitative estimate of drug-likeness (QED) is 0.931. The third kappa shape index (κ3) is 3.04. The van der Waals surface area contributed by atoms with Gasteiger partial charge in [0.25, 0.3) is 0 Å². The second-order valence-corrected chi connectivity index (χ2v) is 6.66. The summed E-state index contributed by atoms with van der Waals surface area (Å²) in [5.74, 6) is -1.37. The second kappa shape index (κ2) is 5.54. The predicted octanol–water partition coefficient (Wildman–Crippen LogP) is 2.96. The van der Waals surface area contributed by atoms with Gasteiger partial charge in [-0.1, -0.05) is 13.8 Å². The molecule has 118 valence electrons. The SMILES string of the molecule is COc1ccc(F)c(F)c1CN1CCC(C)(O)C(C)(C)C1. The van der Waals surface area contributed by atoms with Crippen molar-refractivity contribution in [2.75, 3.05) is 20.2 Å². The zero-order valence-electron chi connectivity index (χ0n) is 13.0. The molecule has 1 heterocycles. The minimum atomic E-state index is -0.867. The highest BCUT2D eigenvalue weighted by molar-refractivity contribution is 5.35. The number of halogens is 2. The molecule has 0 radical (unpaired) electrons. The Bertz CT molecular complexity index is 529. The Morgan fingerprint density at radius 2 is 1.95 bits per heavy atom. The molecule has 0 bridgehead atoms. The topological polar surface area (TPSA) is 32.7 Å². The van der Waals surface area contributed by atoms with E-state index in [0.717, 1.165) is 6.07 Å². The van der Waals surface area contributed by atoms with Crippen molar-refractivity contribution < 1.29 is 18.6 Å². The van der Waals surface area contributed by atoms with E-state index >= 15 is 0 Å². The monoisotopic (exact) mass is 299 g/mol. The van der Waals surface area contributed by atoms with E-state index in [0.29, 0.717) is 25.3 Å². The molecule has 1 fully saturated rings.